The summed E-state index contributed by atoms with van der Waals surface area (Å²) in [5.41, 5.74) is 6.92. The molecule has 6 rings (SSSR count). The lowest BCUT2D eigenvalue weighted by Gasteiger charge is -2.03. The van der Waals surface area contributed by atoms with Crippen LogP contribution in [-0.4, -0.2) is 9.97 Å². The highest BCUT2D eigenvalue weighted by molar-refractivity contribution is 8.76. The minimum absolute atomic E-state index is 1.12. The van der Waals surface area contributed by atoms with E-state index in [4.69, 9.17) is 0 Å². The van der Waals surface area contributed by atoms with E-state index >= 15 is 0 Å². The molecule has 174 valence electrons. The number of aromatic amines is 2. The quantitative estimate of drug-likeness (QED) is 0.214. The molecule has 0 radical (unpaired) electrons. The van der Waals surface area contributed by atoms with E-state index in [0.717, 1.165) is 22.4 Å². The van der Waals surface area contributed by atoms with Crippen molar-refractivity contribution in [3.05, 3.63) is 132 Å². The van der Waals surface area contributed by atoms with Crippen LogP contribution in [0.1, 0.15) is 22.5 Å². The summed E-state index contributed by atoms with van der Waals surface area (Å²) in [6, 6.07) is 37.9. The standard InChI is InChI=1S/C32H24N2S2/c1-3-11-23(12-4-1)19-21-29-31(25-15-7-9-17-27(25)33-29)35-36-32-26-16-8-10-18-28(26)34-30(32)22-20-24-13-5-2-6-14-24/h1-22,33-34H/b21-19+,22-20+. The number of hydrogen-bond acceptors (Lipinski definition) is 2. The summed E-state index contributed by atoms with van der Waals surface area (Å²) in [5, 5.41) is 2.48. The van der Waals surface area contributed by atoms with Crippen molar-refractivity contribution in [1.82, 2.24) is 9.97 Å². The maximum absolute atomic E-state index is 3.62. The first-order chi connectivity index (χ1) is 17.8. The number of fused-ring (bicyclic) bond motifs is 2. The Morgan fingerprint density at radius 2 is 0.806 bits per heavy atom. The van der Waals surface area contributed by atoms with Crippen LogP contribution in [0, 0.1) is 0 Å². The van der Waals surface area contributed by atoms with Gasteiger partial charge in [-0.3, -0.25) is 0 Å². The molecule has 0 aliphatic carbocycles. The summed E-state index contributed by atoms with van der Waals surface area (Å²) in [4.78, 5) is 9.72. The second-order valence-corrected chi connectivity index (χ2v) is 10.6. The van der Waals surface area contributed by atoms with Gasteiger partial charge in [0.2, 0.25) is 0 Å². The van der Waals surface area contributed by atoms with Crippen LogP contribution in [0.4, 0.5) is 0 Å². The molecule has 0 aliphatic rings. The Hall–Kier alpha value is -3.86. The van der Waals surface area contributed by atoms with Gasteiger partial charge in [-0.1, -0.05) is 109 Å². The summed E-state index contributed by atoms with van der Waals surface area (Å²) in [6.07, 6.45) is 8.70. The van der Waals surface area contributed by atoms with Gasteiger partial charge in [0.1, 0.15) is 0 Å². The smallest absolute Gasteiger partial charge is 0.0538 e. The average molecular weight is 501 g/mol. The topological polar surface area (TPSA) is 31.6 Å². The van der Waals surface area contributed by atoms with Crippen molar-refractivity contribution < 1.29 is 0 Å². The lowest BCUT2D eigenvalue weighted by Crippen LogP contribution is -1.77. The zero-order valence-electron chi connectivity index (χ0n) is 19.5. The van der Waals surface area contributed by atoms with Crippen molar-refractivity contribution in [2.75, 3.05) is 0 Å². The predicted octanol–water partition coefficient (Wildman–Crippen LogP) is 9.79. The summed E-state index contributed by atoms with van der Waals surface area (Å²) >= 11 is 0. The molecule has 2 heterocycles. The van der Waals surface area contributed by atoms with E-state index in [1.54, 1.807) is 0 Å². The van der Waals surface area contributed by atoms with Gasteiger partial charge < -0.3 is 9.97 Å². The molecule has 36 heavy (non-hydrogen) atoms. The van der Waals surface area contributed by atoms with Crippen molar-refractivity contribution >= 4 is 67.7 Å². The number of para-hydroxylation sites is 2. The van der Waals surface area contributed by atoms with Crippen LogP contribution in [0.5, 0.6) is 0 Å². The Morgan fingerprint density at radius 1 is 0.417 bits per heavy atom. The van der Waals surface area contributed by atoms with E-state index in [2.05, 4.69) is 131 Å². The van der Waals surface area contributed by atoms with Gasteiger partial charge in [0.25, 0.3) is 0 Å². The highest BCUT2D eigenvalue weighted by atomic mass is 33.1. The van der Waals surface area contributed by atoms with Crippen LogP contribution >= 0.6 is 21.6 Å². The van der Waals surface area contributed by atoms with E-state index in [-0.39, 0.29) is 0 Å². The van der Waals surface area contributed by atoms with Crippen LogP contribution in [0.15, 0.2) is 119 Å². The third kappa shape index (κ3) is 4.78. The Labute approximate surface area is 218 Å². The molecule has 4 aromatic carbocycles. The van der Waals surface area contributed by atoms with Crippen molar-refractivity contribution in [2.45, 2.75) is 9.79 Å². The maximum Gasteiger partial charge on any atom is 0.0538 e. The molecular formula is C32H24N2S2. The number of aromatic nitrogens is 2. The first kappa shape index (κ1) is 22.6. The van der Waals surface area contributed by atoms with E-state index in [9.17, 15) is 0 Å². The fraction of sp³-hybridized carbons (Fsp3) is 0. The molecular weight excluding hydrogens is 477 g/mol. The average Bonchev–Trinajstić information content (AvgIpc) is 3.48. The fourth-order valence-electron chi connectivity index (χ4n) is 4.26. The van der Waals surface area contributed by atoms with Crippen molar-refractivity contribution in [3.63, 3.8) is 0 Å². The van der Waals surface area contributed by atoms with E-state index < -0.39 is 0 Å². The van der Waals surface area contributed by atoms with Gasteiger partial charge in [0, 0.05) is 21.8 Å². The van der Waals surface area contributed by atoms with Gasteiger partial charge in [-0.2, -0.15) is 0 Å². The molecule has 0 saturated heterocycles. The first-order valence-electron chi connectivity index (χ1n) is 11.9. The highest BCUT2D eigenvalue weighted by Crippen LogP contribution is 2.47. The normalized spacial score (nSPS) is 11.9. The molecule has 4 heteroatoms. The van der Waals surface area contributed by atoms with Crippen LogP contribution < -0.4 is 0 Å². The molecule has 0 unspecified atom stereocenters. The molecule has 0 bridgehead atoms. The first-order valence-corrected chi connectivity index (χ1v) is 14.0. The Balaban J connectivity index is 1.36. The largest absolute Gasteiger partial charge is 0.354 e. The van der Waals surface area contributed by atoms with Crippen LogP contribution in [0.2, 0.25) is 0 Å². The van der Waals surface area contributed by atoms with Gasteiger partial charge in [-0.15, -0.1) is 0 Å². The number of benzene rings is 4. The SMILES string of the molecule is C(=C\c1[nH]c2ccccc2c1SSc1c(/C=C/c2ccccc2)[nH]c2ccccc12)/c1ccccc1. The fourth-order valence-corrected chi connectivity index (χ4v) is 6.96. The molecule has 0 fully saturated rings. The summed E-state index contributed by atoms with van der Waals surface area (Å²) in [7, 11) is 3.61. The zero-order valence-corrected chi connectivity index (χ0v) is 21.2. The minimum atomic E-state index is 1.12. The lowest BCUT2D eigenvalue weighted by molar-refractivity contribution is 1.36. The third-order valence-corrected chi connectivity index (χ3v) is 8.61. The van der Waals surface area contributed by atoms with Crippen LogP contribution in [0.25, 0.3) is 46.1 Å². The summed E-state index contributed by atoms with van der Waals surface area (Å²) in [6.45, 7) is 0. The molecule has 6 aromatic rings. The van der Waals surface area contributed by atoms with Crippen molar-refractivity contribution in [2.24, 2.45) is 0 Å². The van der Waals surface area contributed by atoms with Crippen LogP contribution in [0.3, 0.4) is 0 Å². The summed E-state index contributed by atoms with van der Waals surface area (Å²) in [5.74, 6) is 0. The molecule has 2 aromatic heterocycles. The van der Waals surface area contributed by atoms with Crippen molar-refractivity contribution in [1.29, 1.82) is 0 Å². The van der Waals surface area contributed by atoms with Gasteiger partial charge in [-0.05, 0) is 57.0 Å². The molecule has 2 N–H and O–H groups in total. The predicted molar refractivity (Wildman–Crippen MR) is 159 cm³/mol. The Bertz CT molecular complexity index is 1550. The number of nitrogens with one attached hydrogen (secondary N) is 2. The highest BCUT2D eigenvalue weighted by Gasteiger charge is 2.15. The number of H-pyrrole nitrogens is 2. The minimum Gasteiger partial charge on any atom is -0.354 e. The van der Waals surface area contributed by atoms with Crippen molar-refractivity contribution in [3.8, 4) is 0 Å². The number of rotatable bonds is 7. The number of hydrogen-bond donors (Lipinski definition) is 2. The Kier molecular flexibility index (Phi) is 6.53. The lowest BCUT2D eigenvalue weighted by atomic mass is 10.2. The summed E-state index contributed by atoms with van der Waals surface area (Å²) < 4.78 is 0. The van der Waals surface area contributed by atoms with Gasteiger partial charge in [0.05, 0.1) is 21.2 Å². The van der Waals surface area contributed by atoms with E-state index in [0.29, 0.717) is 0 Å². The van der Waals surface area contributed by atoms with Gasteiger partial charge in [0.15, 0.2) is 0 Å². The molecule has 2 nitrogen and oxygen atoms in total. The Morgan fingerprint density at radius 3 is 1.25 bits per heavy atom. The van der Waals surface area contributed by atoms with Gasteiger partial charge in [-0.25, -0.2) is 0 Å². The van der Waals surface area contributed by atoms with Gasteiger partial charge >= 0.3 is 0 Å². The maximum atomic E-state index is 3.62. The molecule has 0 aliphatic heterocycles. The second kappa shape index (κ2) is 10.4. The molecule has 0 saturated carbocycles. The van der Waals surface area contributed by atoms with Crippen LogP contribution in [-0.2, 0) is 0 Å². The molecule has 0 atom stereocenters. The monoisotopic (exact) mass is 500 g/mol. The molecule has 0 spiro atoms. The van der Waals surface area contributed by atoms with E-state index in [1.807, 2.05) is 33.7 Å². The van der Waals surface area contributed by atoms with E-state index in [1.165, 1.54) is 31.7 Å². The third-order valence-electron chi connectivity index (χ3n) is 6.06. The second-order valence-electron chi connectivity index (χ2n) is 8.48. The zero-order chi connectivity index (χ0) is 24.2. The molecule has 0 amide bonds.